The van der Waals surface area contributed by atoms with E-state index in [1.807, 2.05) is 35.0 Å². The van der Waals surface area contributed by atoms with E-state index in [1.54, 1.807) is 12.5 Å². The van der Waals surface area contributed by atoms with E-state index in [-0.39, 0.29) is 5.91 Å². The molecular formula is C16H20N4O. The minimum Gasteiger partial charge on any atom is -0.333 e. The summed E-state index contributed by atoms with van der Waals surface area (Å²) >= 11 is 0. The van der Waals surface area contributed by atoms with E-state index in [1.165, 1.54) is 6.42 Å². The Balaban J connectivity index is 1.58. The number of hydrogen-bond donors (Lipinski definition) is 2. The zero-order chi connectivity index (χ0) is 14.5. The van der Waals surface area contributed by atoms with Crippen molar-refractivity contribution in [1.82, 2.24) is 14.9 Å². The van der Waals surface area contributed by atoms with Crippen LogP contribution >= 0.6 is 0 Å². The van der Waals surface area contributed by atoms with Gasteiger partial charge in [-0.1, -0.05) is 12.1 Å². The first-order valence-corrected chi connectivity index (χ1v) is 7.37. The topological polar surface area (TPSA) is 59.0 Å². The molecule has 0 spiro atoms. The Bertz CT molecular complexity index is 588. The fourth-order valence-electron chi connectivity index (χ4n) is 2.71. The van der Waals surface area contributed by atoms with Crippen LogP contribution in [0.2, 0.25) is 0 Å². The van der Waals surface area contributed by atoms with Crippen LogP contribution in [0, 0.1) is 0 Å². The average molecular weight is 284 g/mol. The molecule has 1 unspecified atom stereocenters. The zero-order valence-corrected chi connectivity index (χ0v) is 12.0. The Morgan fingerprint density at radius 2 is 2.43 bits per heavy atom. The molecule has 5 nitrogen and oxygen atoms in total. The standard InChI is InChI=1S/C16H20N4O/c21-16(10-14-5-2-6-18-14)19-15-4-1-3-13(9-15)11-20-8-7-17-12-20/h1,3-4,7-9,12,14,18H,2,5-6,10-11H2,(H,19,21). The van der Waals surface area contributed by atoms with Gasteiger partial charge in [0.25, 0.3) is 0 Å². The monoisotopic (exact) mass is 284 g/mol. The van der Waals surface area contributed by atoms with Crippen molar-refractivity contribution in [2.24, 2.45) is 0 Å². The summed E-state index contributed by atoms with van der Waals surface area (Å²) in [4.78, 5) is 16.1. The highest BCUT2D eigenvalue weighted by atomic mass is 16.1. The number of benzene rings is 1. The van der Waals surface area contributed by atoms with Crippen molar-refractivity contribution >= 4 is 11.6 Å². The molecule has 0 bridgehead atoms. The first kappa shape index (κ1) is 13.8. The number of amides is 1. The van der Waals surface area contributed by atoms with Crippen LogP contribution in [0.25, 0.3) is 0 Å². The van der Waals surface area contributed by atoms with Crippen LogP contribution < -0.4 is 10.6 Å². The molecule has 110 valence electrons. The highest BCUT2D eigenvalue weighted by Crippen LogP contribution is 2.14. The number of anilines is 1. The van der Waals surface area contributed by atoms with Crippen LogP contribution in [0.1, 0.15) is 24.8 Å². The minimum atomic E-state index is 0.0779. The third kappa shape index (κ3) is 3.92. The second-order valence-corrected chi connectivity index (χ2v) is 5.48. The Hall–Kier alpha value is -2.14. The van der Waals surface area contributed by atoms with Crippen molar-refractivity contribution in [2.75, 3.05) is 11.9 Å². The maximum absolute atomic E-state index is 12.0. The molecule has 1 amide bonds. The fourth-order valence-corrected chi connectivity index (χ4v) is 2.71. The van der Waals surface area contributed by atoms with Gasteiger partial charge in [-0.25, -0.2) is 4.98 Å². The van der Waals surface area contributed by atoms with Gasteiger partial charge in [0, 0.05) is 37.1 Å². The van der Waals surface area contributed by atoms with E-state index in [0.717, 1.165) is 30.8 Å². The average Bonchev–Trinajstić information content (AvgIpc) is 3.12. The molecule has 1 atom stereocenters. The van der Waals surface area contributed by atoms with Gasteiger partial charge < -0.3 is 15.2 Å². The van der Waals surface area contributed by atoms with Crippen molar-refractivity contribution in [2.45, 2.75) is 31.8 Å². The molecule has 0 radical (unpaired) electrons. The molecule has 1 aromatic carbocycles. The van der Waals surface area contributed by atoms with Gasteiger partial charge in [-0.05, 0) is 37.1 Å². The summed E-state index contributed by atoms with van der Waals surface area (Å²) in [6.45, 7) is 1.78. The Labute approximate surface area is 124 Å². The van der Waals surface area contributed by atoms with Crippen LogP contribution in [-0.2, 0) is 11.3 Å². The Morgan fingerprint density at radius 1 is 1.48 bits per heavy atom. The summed E-state index contributed by atoms with van der Waals surface area (Å²) < 4.78 is 2.00. The summed E-state index contributed by atoms with van der Waals surface area (Å²) in [5.74, 6) is 0.0779. The summed E-state index contributed by atoms with van der Waals surface area (Å²) in [5.41, 5.74) is 2.00. The lowest BCUT2D eigenvalue weighted by atomic mass is 10.1. The quantitative estimate of drug-likeness (QED) is 0.883. The van der Waals surface area contributed by atoms with Gasteiger partial charge in [-0.3, -0.25) is 4.79 Å². The first-order chi connectivity index (χ1) is 10.3. The van der Waals surface area contributed by atoms with Crippen molar-refractivity contribution in [3.05, 3.63) is 48.5 Å². The smallest absolute Gasteiger partial charge is 0.225 e. The lowest BCUT2D eigenvalue weighted by molar-refractivity contribution is -0.116. The van der Waals surface area contributed by atoms with E-state index in [0.29, 0.717) is 12.5 Å². The van der Waals surface area contributed by atoms with Gasteiger partial charge >= 0.3 is 0 Å². The summed E-state index contributed by atoms with van der Waals surface area (Å²) in [7, 11) is 0. The number of carbonyl (C=O) groups excluding carboxylic acids is 1. The van der Waals surface area contributed by atoms with E-state index in [4.69, 9.17) is 0 Å². The molecule has 2 heterocycles. The van der Waals surface area contributed by atoms with Gasteiger partial charge in [-0.15, -0.1) is 0 Å². The number of hydrogen-bond acceptors (Lipinski definition) is 3. The molecule has 0 saturated carbocycles. The Morgan fingerprint density at radius 3 is 3.19 bits per heavy atom. The van der Waals surface area contributed by atoms with Crippen LogP contribution in [0.4, 0.5) is 5.69 Å². The molecule has 1 aliphatic rings. The number of nitrogens with one attached hydrogen (secondary N) is 2. The predicted octanol–water partition coefficient (Wildman–Crippen LogP) is 2.01. The van der Waals surface area contributed by atoms with Crippen molar-refractivity contribution in [3.63, 3.8) is 0 Å². The zero-order valence-electron chi connectivity index (χ0n) is 12.0. The second-order valence-electron chi connectivity index (χ2n) is 5.48. The van der Waals surface area contributed by atoms with E-state index in [2.05, 4.69) is 15.6 Å². The predicted molar refractivity (Wildman–Crippen MR) is 82.0 cm³/mol. The van der Waals surface area contributed by atoms with Gasteiger partial charge in [0.2, 0.25) is 5.91 Å². The molecule has 0 aliphatic carbocycles. The molecule has 5 heteroatoms. The van der Waals surface area contributed by atoms with Gasteiger partial charge in [0.15, 0.2) is 0 Å². The minimum absolute atomic E-state index is 0.0779. The van der Waals surface area contributed by atoms with Crippen molar-refractivity contribution < 1.29 is 4.79 Å². The van der Waals surface area contributed by atoms with Gasteiger partial charge in [0.1, 0.15) is 0 Å². The molecule has 1 fully saturated rings. The van der Waals surface area contributed by atoms with Crippen molar-refractivity contribution in [3.8, 4) is 0 Å². The lowest BCUT2D eigenvalue weighted by Crippen LogP contribution is -2.27. The number of nitrogens with zero attached hydrogens (tertiary/aromatic N) is 2. The largest absolute Gasteiger partial charge is 0.333 e. The van der Waals surface area contributed by atoms with Crippen molar-refractivity contribution in [1.29, 1.82) is 0 Å². The third-order valence-corrected chi connectivity index (χ3v) is 3.73. The molecule has 21 heavy (non-hydrogen) atoms. The summed E-state index contributed by atoms with van der Waals surface area (Å²) in [6, 6.07) is 8.29. The maximum Gasteiger partial charge on any atom is 0.225 e. The van der Waals surface area contributed by atoms with E-state index >= 15 is 0 Å². The molecule has 1 aliphatic heterocycles. The lowest BCUT2D eigenvalue weighted by Gasteiger charge is -2.11. The maximum atomic E-state index is 12.0. The normalized spacial score (nSPS) is 17.8. The first-order valence-electron chi connectivity index (χ1n) is 7.37. The molecule has 1 aromatic heterocycles. The van der Waals surface area contributed by atoms with Gasteiger partial charge in [-0.2, -0.15) is 0 Å². The van der Waals surface area contributed by atoms with Gasteiger partial charge in [0.05, 0.1) is 6.33 Å². The third-order valence-electron chi connectivity index (χ3n) is 3.73. The molecule has 2 aromatic rings. The summed E-state index contributed by atoms with van der Waals surface area (Å²) in [6.07, 6.45) is 8.28. The molecule has 2 N–H and O–H groups in total. The van der Waals surface area contributed by atoms with Crippen LogP contribution in [-0.4, -0.2) is 28.0 Å². The second kappa shape index (κ2) is 6.54. The molecule has 1 saturated heterocycles. The van der Waals surface area contributed by atoms with Crippen LogP contribution in [0.15, 0.2) is 43.0 Å². The summed E-state index contributed by atoms with van der Waals surface area (Å²) in [5, 5.41) is 6.33. The molecular weight excluding hydrogens is 264 g/mol. The highest BCUT2D eigenvalue weighted by Gasteiger charge is 2.17. The number of imidazole rings is 1. The number of rotatable bonds is 5. The van der Waals surface area contributed by atoms with Crippen LogP contribution in [0.3, 0.4) is 0 Å². The van der Waals surface area contributed by atoms with E-state index in [9.17, 15) is 4.79 Å². The van der Waals surface area contributed by atoms with E-state index < -0.39 is 0 Å². The number of aromatic nitrogens is 2. The number of carbonyl (C=O) groups is 1. The Kier molecular flexibility index (Phi) is 4.31. The fraction of sp³-hybridized carbons (Fsp3) is 0.375. The SMILES string of the molecule is O=C(CC1CCCN1)Nc1cccc(Cn2ccnc2)c1. The van der Waals surface area contributed by atoms with Crippen LogP contribution in [0.5, 0.6) is 0 Å². The molecule has 3 rings (SSSR count). The highest BCUT2D eigenvalue weighted by molar-refractivity contribution is 5.91.